The minimum Gasteiger partial charge on any atom is -0.465 e. The van der Waals surface area contributed by atoms with Crippen molar-refractivity contribution in [3.63, 3.8) is 0 Å². The SMILES string of the molecule is CCCC(=O)OC[C@H](Cc1cncn1C)[C@H](CC)C(=O)OCc1ccc(COC(=O)[C@@H](CC)[C@H](COC(=O)CCC)Cc2cncn2C)cc1. The summed E-state index contributed by atoms with van der Waals surface area (Å²) in [5.74, 6) is -2.73. The molecule has 3 rings (SSSR count). The Balaban J connectivity index is 1.58. The van der Waals surface area contributed by atoms with Crippen LogP contribution in [0.2, 0.25) is 0 Å². The van der Waals surface area contributed by atoms with Gasteiger partial charge in [-0.15, -0.1) is 0 Å². The van der Waals surface area contributed by atoms with Gasteiger partial charge in [-0.3, -0.25) is 19.2 Å². The molecule has 50 heavy (non-hydrogen) atoms. The van der Waals surface area contributed by atoms with Gasteiger partial charge in [-0.2, -0.15) is 0 Å². The van der Waals surface area contributed by atoms with Crippen LogP contribution in [-0.2, 0) is 78.3 Å². The smallest absolute Gasteiger partial charge is 0.309 e. The van der Waals surface area contributed by atoms with Gasteiger partial charge in [0, 0.05) is 62.6 Å². The van der Waals surface area contributed by atoms with E-state index in [1.54, 1.807) is 25.0 Å². The Morgan fingerprint density at radius 3 is 1.30 bits per heavy atom. The molecule has 0 spiro atoms. The van der Waals surface area contributed by atoms with E-state index in [0.29, 0.717) is 51.4 Å². The highest BCUT2D eigenvalue weighted by atomic mass is 16.5. The number of hydrogen-bond donors (Lipinski definition) is 0. The summed E-state index contributed by atoms with van der Waals surface area (Å²) in [4.78, 5) is 59.3. The van der Waals surface area contributed by atoms with Crippen molar-refractivity contribution in [3.05, 3.63) is 71.8 Å². The normalized spacial score (nSPS) is 13.6. The zero-order valence-electron chi connectivity index (χ0n) is 30.5. The monoisotopic (exact) mass is 694 g/mol. The summed E-state index contributed by atoms with van der Waals surface area (Å²) in [5.41, 5.74) is 3.46. The van der Waals surface area contributed by atoms with Crippen molar-refractivity contribution in [2.45, 2.75) is 92.3 Å². The van der Waals surface area contributed by atoms with Gasteiger partial charge in [-0.25, -0.2) is 9.97 Å². The highest BCUT2D eigenvalue weighted by molar-refractivity contribution is 5.74. The number of imidazole rings is 2. The highest BCUT2D eigenvalue weighted by Crippen LogP contribution is 2.25. The molecule has 0 saturated heterocycles. The predicted octanol–water partition coefficient (Wildman–Crippen LogP) is 5.70. The van der Waals surface area contributed by atoms with Crippen molar-refractivity contribution in [2.24, 2.45) is 37.8 Å². The van der Waals surface area contributed by atoms with Crippen LogP contribution in [0.5, 0.6) is 0 Å². The van der Waals surface area contributed by atoms with Crippen LogP contribution in [0, 0.1) is 23.7 Å². The van der Waals surface area contributed by atoms with Gasteiger partial charge in [0.15, 0.2) is 0 Å². The van der Waals surface area contributed by atoms with Gasteiger partial charge in [0.2, 0.25) is 0 Å². The summed E-state index contributed by atoms with van der Waals surface area (Å²) in [6.45, 7) is 8.09. The second kappa shape index (κ2) is 20.9. The number of aryl methyl sites for hydroxylation is 2. The molecule has 0 radical (unpaired) electrons. The molecule has 274 valence electrons. The lowest BCUT2D eigenvalue weighted by Gasteiger charge is -2.25. The van der Waals surface area contributed by atoms with E-state index in [1.807, 2.05) is 75.2 Å². The molecule has 0 amide bonds. The van der Waals surface area contributed by atoms with E-state index in [2.05, 4.69) is 9.97 Å². The lowest BCUT2D eigenvalue weighted by Crippen LogP contribution is -2.31. The van der Waals surface area contributed by atoms with Gasteiger partial charge in [0.25, 0.3) is 0 Å². The van der Waals surface area contributed by atoms with E-state index in [0.717, 1.165) is 22.5 Å². The Labute approximate surface area is 295 Å². The lowest BCUT2D eigenvalue weighted by molar-refractivity contribution is -0.156. The molecule has 1 aromatic carbocycles. The summed E-state index contributed by atoms with van der Waals surface area (Å²) in [6, 6.07) is 7.36. The molecule has 0 saturated carbocycles. The maximum atomic E-state index is 13.3. The number of benzene rings is 1. The lowest BCUT2D eigenvalue weighted by atomic mass is 9.87. The van der Waals surface area contributed by atoms with Crippen LogP contribution in [0.4, 0.5) is 0 Å². The van der Waals surface area contributed by atoms with Crippen molar-refractivity contribution in [2.75, 3.05) is 13.2 Å². The van der Waals surface area contributed by atoms with Gasteiger partial charge < -0.3 is 28.1 Å². The summed E-state index contributed by atoms with van der Waals surface area (Å²) in [5, 5.41) is 0. The first-order chi connectivity index (χ1) is 24.1. The third-order valence-electron chi connectivity index (χ3n) is 9.01. The standard InChI is InChI=1S/C38H54N4O8/c1-7-11-35(43)47-23-29(17-31-19-39-25-41(31)5)33(9-3)37(45)49-21-27-13-15-28(16-14-27)22-50-38(46)34(10-4)30(24-48-36(44)12-8-2)18-32-20-40-26-42(32)6/h13-16,19-20,25-26,29-30,33-34H,7-12,17-18,21-24H2,1-6H3/t29-,30-,33-,34-/m0/s1. The highest BCUT2D eigenvalue weighted by Gasteiger charge is 2.32. The molecule has 4 atom stereocenters. The first-order valence-electron chi connectivity index (χ1n) is 17.7. The average Bonchev–Trinajstić information content (AvgIpc) is 3.71. The third-order valence-corrected chi connectivity index (χ3v) is 9.01. The van der Waals surface area contributed by atoms with E-state index >= 15 is 0 Å². The van der Waals surface area contributed by atoms with Crippen molar-refractivity contribution in [3.8, 4) is 0 Å². The van der Waals surface area contributed by atoms with Crippen molar-refractivity contribution in [1.29, 1.82) is 0 Å². The second-order valence-corrected chi connectivity index (χ2v) is 12.8. The first kappa shape index (κ1) is 40.0. The second-order valence-electron chi connectivity index (χ2n) is 12.8. The van der Waals surface area contributed by atoms with Gasteiger partial charge >= 0.3 is 23.9 Å². The Morgan fingerprint density at radius 1 is 0.620 bits per heavy atom. The fourth-order valence-corrected chi connectivity index (χ4v) is 5.93. The molecule has 0 aliphatic heterocycles. The molecule has 0 bridgehead atoms. The van der Waals surface area contributed by atoms with Crippen LogP contribution in [0.15, 0.2) is 49.3 Å². The summed E-state index contributed by atoms with van der Waals surface area (Å²) >= 11 is 0. The predicted molar refractivity (Wildman–Crippen MR) is 186 cm³/mol. The minimum atomic E-state index is -0.471. The van der Waals surface area contributed by atoms with Crippen LogP contribution in [0.3, 0.4) is 0 Å². The number of aromatic nitrogens is 4. The Hall–Kier alpha value is -4.48. The van der Waals surface area contributed by atoms with Crippen molar-refractivity contribution in [1.82, 2.24) is 19.1 Å². The molecule has 0 aliphatic carbocycles. The average molecular weight is 695 g/mol. The molecule has 2 aromatic heterocycles. The van der Waals surface area contributed by atoms with Crippen molar-refractivity contribution >= 4 is 23.9 Å². The number of esters is 4. The molecule has 3 aromatic rings. The van der Waals surface area contributed by atoms with Gasteiger partial charge in [0.05, 0.1) is 37.7 Å². The molecule has 12 heteroatoms. The van der Waals surface area contributed by atoms with E-state index in [4.69, 9.17) is 18.9 Å². The zero-order valence-corrected chi connectivity index (χ0v) is 30.5. The van der Waals surface area contributed by atoms with Crippen LogP contribution >= 0.6 is 0 Å². The summed E-state index contributed by atoms with van der Waals surface area (Å²) < 4.78 is 26.4. The van der Waals surface area contributed by atoms with Crippen LogP contribution in [-0.4, -0.2) is 56.2 Å². The van der Waals surface area contributed by atoms with E-state index in [9.17, 15) is 19.2 Å². The Kier molecular flexibility index (Phi) is 16.7. The maximum Gasteiger partial charge on any atom is 0.309 e. The van der Waals surface area contributed by atoms with E-state index in [-0.39, 0.29) is 62.1 Å². The zero-order chi connectivity index (χ0) is 36.5. The number of ether oxygens (including phenoxy) is 4. The number of nitrogens with zero attached hydrogens (tertiary/aromatic N) is 4. The molecular formula is C38H54N4O8. The van der Waals surface area contributed by atoms with Crippen molar-refractivity contribution < 1.29 is 38.1 Å². The molecular weight excluding hydrogens is 640 g/mol. The largest absolute Gasteiger partial charge is 0.465 e. The van der Waals surface area contributed by atoms with E-state index in [1.165, 1.54) is 0 Å². The topological polar surface area (TPSA) is 141 Å². The fraction of sp³-hybridized carbons (Fsp3) is 0.579. The number of rotatable bonds is 22. The summed E-state index contributed by atoms with van der Waals surface area (Å²) in [7, 11) is 3.78. The minimum absolute atomic E-state index is 0.0772. The van der Waals surface area contributed by atoms with Gasteiger partial charge in [-0.05, 0) is 49.7 Å². The first-order valence-corrected chi connectivity index (χ1v) is 17.7. The Bertz CT molecular complexity index is 1390. The van der Waals surface area contributed by atoms with E-state index < -0.39 is 11.8 Å². The molecule has 0 unspecified atom stereocenters. The molecule has 12 nitrogen and oxygen atoms in total. The number of hydrogen-bond acceptors (Lipinski definition) is 10. The number of carbonyl (C=O) groups excluding carboxylic acids is 4. The molecule has 0 aliphatic rings. The van der Waals surface area contributed by atoms with Crippen LogP contribution in [0.1, 0.15) is 88.7 Å². The maximum absolute atomic E-state index is 13.3. The quantitative estimate of drug-likeness (QED) is 0.0951. The molecule has 0 N–H and O–H groups in total. The fourth-order valence-electron chi connectivity index (χ4n) is 5.93. The third kappa shape index (κ3) is 12.4. The van der Waals surface area contributed by atoms with Gasteiger partial charge in [0.1, 0.15) is 13.2 Å². The summed E-state index contributed by atoms with van der Waals surface area (Å²) in [6.07, 6.45) is 11.1. The molecule has 0 fully saturated rings. The Morgan fingerprint density at radius 2 is 1.00 bits per heavy atom. The van der Waals surface area contributed by atoms with Crippen LogP contribution in [0.25, 0.3) is 0 Å². The molecule has 2 heterocycles. The van der Waals surface area contributed by atoms with Gasteiger partial charge in [-0.1, -0.05) is 52.0 Å². The number of carbonyl (C=O) groups is 4. The van der Waals surface area contributed by atoms with Crippen LogP contribution < -0.4 is 0 Å².